The number of aromatic nitrogens is 2. The van der Waals surface area contributed by atoms with Crippen molar-refractivity contribution < 1.29 is 9.72 Å². The molecule has 2 aromatic rings. The van der Waals surface area contributed by atoms with Crippen LogP contribution >= 0.6 is 0 Å². The third-order valence-corrected chi connectivity index (χ3v) is 3.44. The third kappa shape index (κ3) is 4.87. The summed E-state index contributed by atoms with van der Waals surface area (Å²) >= 11 is 0. The molecule has 0 bridgehead atoms. The fraction of sp³-hybridized carbons (Fsp3) is 0.312. The number of anilines is 2. The van der Waals surface area contributed by atoms with Gasteiger partial charge in [-0.3, -0.25) is 25.8 Å². The molecule has 0 unspecified atom stereocenters. The topological polar surface area (TPSA) is 122 Å². The zero-order valence-electron chi connectivity index (χ0n) is 14.1. The molecule has 3 N–H and O–H groups in total. The maximum Gasteiger partial charge on any atom is 0.354 e. The van der Waals surface area contributed by atoms with Crippen LogP contribution in [0.4, 0.5) is 17.3 Å². The van der Waals surface area contributed by atoms with E-state index in [0.29, 0.717) is 12.1 Å². The summed E-state index contributed by atoms with van der Waals surface area (Å²) in [6.07, 6.45) is 3.00. The van der Waals surface area contributed by atoms with Gasteiger partial charge in [0.2, 0.25) is 11.6 Å². The van der Waals surface area contributed by atoms with E-state index in [-0.39, 0.29) is 17.3 Å². The second kappa shape index (κ2) is 8.57. The lowest BCUT2D eigenvalue weighted by molar-refractivity contribution is -0.383. The van der Waals surface area contributed by atoms with E-state index in [9.17, 15) is 14.9 Å². The Hall–Kier alpha value is -3.23. The number of nitro groups is 1. The maximum atomic E-state index is 12.1. The molecular formula is C16H20N6O3. The van der Waals surface area contributed by atoms with Crippen molar-refractivity contribution in [3.05, 3.63) is 51.8 Å². The Labute approximate surface area is 145 Å². The number of unbranched alkanes of at least 4 members (excludes halogenated alkanes) is 1. The van der Waals surface area contributed by atoms with Crippen molar-refractivity contribution in [3.63, 3.8) is 0 Å². The zero-order chi connectivity index (χ0) is 18.2. The summed E-state index contributed by atoms with van der Waals surface area (Å²) in [7, 11) is 0. The summed E-state index contributed by atoms with van der Waals surface area (Å²) in [5.41, 5.74) is 6.06. The van der Waals surface area contributed by atoms with Gasteiger partial charge in [-0.2, -0.15) is 0 Å². The number of carbonyl (C=O) groups excluding carboxylic acids is 1. The van der Waals surface area contributed by atoms with E-state index in [1.807, 2.05) is 13.8 Å². The average molecular weight is 344 g/mol. The molecule has 0 radical (unpaired) electrons. The van der Waals surface area contributed by atoms with Crippen molar-refractivity contribution >= 4 is 23.2 Å². The van der Waals surface area contributed by atoms with E-state index >= 15 is 0 Å². The van der Waals surface area contributed by atoms with E-state index in [4.69, 9.17) is 0 Å². The number of hydrazine groups is 1. The highest BCUT2D eigenvalue weighted by molar-refractivity contribution is 5.95. The van der Waals surface area contributed by atoms with Crippen LogP contribution in [0.5, 0.6) is 0 Å². The summed E-state index contributed by atoms with van der Waals surface area (Å²) in [5.74, 6) is -0.395. The molecule has 0 saturated heterocycles. The second-order valence-electron chi connectivity index (χ2n) is 5.40. The molecule has 0 saturated carbocycles. The second-order valence-corrected chi connectivity index (χ2v) is 5.40. The van der Waals surface area contributed by atoms with Crippen molar-refractivity contribution in [3.8, 4) is 0 Å². The van der Waals surface area contributed by atoms with Gasteiger partial charge in [-0.15, -0.1) is 0 Å². The molecule has 1 aromatic carbocycles. The van der Waals surface area contributed by atoms with Crippen molar-refractivity contribution in [1.29, 1.82) is 0 Å². The summed E-state index contributed by atoms with van der Waals surface area (Å²) in [5, 5.41) is 14.3. The van der Waals surface area contributed by atoms with Crippen LogP contribution in [-0.2, 0) is 0 Å². The smallest absolute Gasteiger partial charge is 0.354 e. The average Bonchev–Trinajstić information content (AvgIpc) is 2.60. The first-order valence-corrected chi connectivity index (χ1v) is 7.89. The first-order chi connectivity index (χ1) is 12.0. The van der Waals surface area contributed by atoms with Crippen LogP contribution in [0.3, 0.4) is 0 Å². The Morgan fingerprint density at radius 2 is 1.88 bits per heavy atom. The first kappa shape index (κ1) is 18.1. The summed E-state index contributed by atoms with van der Waals surface area (Å²) in [4.78, 5) is 30.6. The highest BCUT2D eigenvalue weighted by Crippen LogP contribution is 2.28. The van der Waals surface area contributed by atoms with Crippen LogP contribution in [0.1, 0.15) is 35.7 Å². The number of rotatable bonds is 8. The lowest BCUT2D eigenvalue weighted by atomic mass is 10.1. The molecule has 9 nitrogen and oxygen atoms in total. The van der Waals surface area contributed by atoms with Gasteiger partial charge in [-0.05, 0) is 25.5 Å². The third-order valence-electron chi connectivity index (χ3n) is 3.44. The molecule has 132 valence electrons. The Morgan fingerprint density at radius 1 is 1.20 bits per heavy atom. The monoisotopic (exact) mass is 344 g/mol. The molecular weight excluding hydrogens is 324 g/mol. The molecule has 0 aliphatic heterocycles. The number of benzene rings is 1. The highest BCUT2D eigenvalue weighted by atomic mass is 16.6. The minimum Gasteiger partial charge on any atom is -0.364 e. The normalized spacial score (nSPS) is 10.2. The van der Waals surface area contributed by atoms with Gasteiger partial charge < -0.3 is 5.32 Å². The number of aryl methyl sites for hydroxylation is 1. The van der Waals surface area contributed by atoms with Crippen LogP contribution in [-0.4, -0.2) is 27.3 Å². The lowest BCUT2D eigenvalue weighted by Gasteiger charge is -2.10. The fourth-order valence-electron chi connectivity index (χ4n) is 2.05. The molecule has 0 spiro atoms. The molecule has 1 amide bonds. The number of hydrogen-bond donors (Lipinski definition) is 3. The fourth-order valence-corrected chi connectivity index (χ4v) is 2.05. The molecule has 0 aliphatic rings. The molecule has 0 atom stereocenters. The van der Waals surface area contributed by atoms with Crippen LogP contribution < -0.4 is 16.2 Å². The highest BCUT2D eigenvalue weighted by Gasteiger charge is 2.23. The summed E-state index contributed by atoms with van der Waals surface area (Å²) < 4.78 is 0. The number of amides is 1. The number of nitrogens with one attached hydrogen (secondary N) is 3. The van der Waals surface area contributed by atoms with E-state index < -0.39 is 10.8 Å². The molecule has 2 rings (SSSR count). The zero-order valence-corrected chi connectivity index (χ0v) is 14.1. The molecule has 25 heavy (non-hydrogen) atoms. The standard InChI is InChI=1S/C16H20N6O3/c1-3-4-9-17-14-13(22(24)25)15(19-10-18-14)20-21-16(23)12-7-5-11(2)6-8-12/h5-8,10H,3-4,9H2,1-2H3,(H,21,23)(H2,17,18,19,20). The van der Waals surface area contributed by atoms with Crippen molar-refractivity contribution in [1.82, 2.24) is 15.4 Å². The number of nitrogens with zero attached hydrogens (tertiary/aromatic N) is 3. The summed E-state index contributed by atoms with van der Waals surface area (Å²) in [6.45, 7) is 4.49. The molecule has 9 heteroatoms. The Kier molecular flexibility index (Phi) is 6.21. The number of carbonyl (C=O) groups is 1. The Balaban J connectivity index is 2.12. The van der Waals surface area contributed by atoms with Gasteiger partial charge in [0, 0.05) is 12.1 Å². The van der Waals surface area contributed by atoms with Crippen LogP contribution in [0.2, 0.25) is 0 Å². The molecule has 0 aliphatic carbocycles. The predicted molar refractivity (Wildman–Crippen MR) is 94.4 cm³/mol. The van der Waals surface area contributed by atoms with Crippen LogP contribution in [0.25, 0.3) is 0 Å². The van der Waals surface area contributed by atoms with Crippen molar-refractivity contribution in [2.75, 3.05) is 17.3 Å². The molecule has 1 heterocycles. The van der Waals surface area contributed by atoms with Gasteiger partial charge in [-0.25, -0.2) is 9.97 Å². The quantitative estimate of drug-likeness (QED) is 0.382. The Bertz CT molecular complexity index is 748. The van der Waals surface area contributed by atoms with E-state index in [1.165, 1.54) is 6.33 Å². The van der Waals surface area contributed by atoms with Gasteiger partial charge in [0.15, 0.2) is 0 Å². The molecule has 1 aromatic heterocycles. The van der Waals surface area contributed by atoms with Crippen LogP contribution in [0, 0.1) is 17.0 Å². The first-order valence-electron chi connectivity index (χ1n) is 7.89. The van der Waals surface area contributed by atoms with Gasteiger partial charge in [0.1, 0.15) is 6.33 Å². The van der Waals surface area contributed by atoms with E-state index in [1.54, 1.807) is 24.3 Å². The SMILES string of the molecule is CCCCNc1ncnc(NNC(=O)c2ccc(C)cc2)c1[N+](=O)[O-]. The van der Waals surface area contributed by atoms with Gasteiger partial charge in [0.25, 0.3) is 5.91 Å². The number of hydrogen-bond acceptors (Lipinski definition) is 7. The van der Waals surface area contributed by atoms with Crippen LogP contribution in [0.15, 0.2) is 30.6 Å². The van der Waals surface area contributed by atoms with Crippen molar-refractivity contribution in [2.24, 2.45) is 0 Å². The van der Waals surface area contributed by atoms with E-state index in [2.05, 4.69) is 26.1 Å². The Morgan fingerprint density at radius 3 is 2.52 bits per heavy atom. The lowest BCUT2D eigenvalue weighted by Crippen LogP contribution is -2.30. The van der Waals surface area contributed by atoms with Gasteiger partial charge in [-0.1, -0.05) is 31.0 Å². The van der Waals surface area contributed by atoms with Gasteiger partial charge in [0.05, 0.1) is 4.92 Å². The van der Waals surface area contributed by atoms with Crippen molar-refractivity contribution in [2.45, 2.75) is 26.7 Å². The predicted octanol–water partition coefficient (Wildman–Crippen LogP) is 2.66. The maximum absolute atomic E-state index is 12.1. The summed E-state index contributed by atoms with van der Waals surface area (Å²) in [6, 6.07) is 6.94. The minimum absolute atomic E-state index is 0.0838. The largest absolute Gasteiger partial charge is 0.364 e. The molecule has 0 fully saturated rings. The minimum atomic E-state index is -0.589. The van der Waals surface area contributed by atoms with E-state index in [0.717, 1.165) is 18.4 Å². The van der Waals surface area contributed by atoms with Gasteiger partial charge >= 0.3 is 5.69 Å².